The molecule has 0 saturated heterocycles. The second kappa shape index (κ2) is 7.45. The van der Waals surface area contributed by atoms with Gasteiger partial charge in [0.25, 0.3) is 0 Å². The Bertz CT molecular complexity index is 519. The number of allylic oxidation sites excluding steroid dienone is 1. The quantitative estimate of drug-likeness (QED) is 0.484. The Morgan fingerprint density at radius 2 is 1.36 bits per heavy atom. The molecule has 1 rings (SSSR count). The summed E-state index contributed by atoms with van der Waals surface area (Å²) in [6, 6.07) is 0. The third-order valence-corrected chi connectivity index (χ3v) is 15.6. The van der Waals surface area contributed by atoms with E-state index >= 15 is 0 Å². The number of hydrogen-bond acceptors (Lipinski definition) is 2. The standard InChI is InChI=1S/C21H42O2Si2/c1-13-17-14-18(22-24(9,10)20(3,4)5)15-19(16(17)2)23-25(11,12)21(6,7)8/h13,18-19H,2,14-15H2,1,3-12H3/b17-13-/t18-,19+/m1/s1. The SMILES string of the molecule is C=C1/C(=C\C)C[C@@H](O[Si](C)(C)C(C)(C)C)C[C@@H]1O[Si](C)(C)C(C)(C)C. The van der Waals surface area contributed by atoms with Gasteiger partial charge in [-0.15, -0.1) is 0 Å². The molecule has 2 nitrogen and oxygen atoms in total. The molecule has 0 aromatic carbocycles. The first kappa shape index (κ1) is 22.9. The highest BCUT2D eigenvalue weighted by Crippen LogP contribution is 2.43. The molecule has 0 heterocycles. The molecule has 1 aliphatic carbocycles. The van der Waals surface area contributed by atoms with Gasteiger partial charge in [0, 0.05) is 6.42 Å². The summed E-state index contributed by atoms with van der Waals surface area (Å²) < 4.78 is 13.5. The van der Waals surface area contributed by atoms with E-state index in [1.807, 2.05) is 0 Å². The van der Waals surface area contributed by atoms with Crippen molar-refractivity contribution in [3.05, 3.63) is 23.8 Å². The number of rotatable bonds is 4. The zero-order valence-electron chi connectivity index (χ0n) is 18.7. The van der Waals surface area contributed by atoms with Crippen LogP contribution in [-0.2, 0) is 8.85 Å². The lowest BCUT2D eigenvalue weighted by Crippen LogP contribution is -2.49. The summed E-state index contributed by atoms with van der Waals surface area (Å²) in [4.78, 5) is 0. The van der Waals surface area contributed by atoms with Gasteiger partial charge in [-0.3, -0.25) is 0 Å². The lowest BCUT2D eigenvalue weighted by atomic mass is 9.86. The minimum atomic E-state index is -1.83. The van der Waals surface area contributed by atoms with Crippen molar-refractivity contribution in [1.82, 2.24) is 0 Å². The highest BCUT2D eigenvalue weighted by atomic mass is 28.4. The van der Waals surface area contributed by atoms with E-state index in [0.29, 0.717) is 0 Å². The smallest absolute Gasteiger partial charge is 0.192 e. The molecule has 2 atom stereocenters. The van der Waals surface area contributed by atoms with E-state index < -0.39 is 16.6 Å². The predicted molar refractivity (Wildman–Crippen MR) is 116 cm³/mol. The molecule has 0 aromatic heterocycles. The lowest BCUT2D eigenvalue weighted by Gasteiger charge is -2.45. The van der Waals surface area contributed by atoms with E-state index in [9.17, 15) is 0 Å². The van der Waals surface area contributed by atoms with Gasteiger partial charge in [0.15, 0.2) is 16.6 Å². The first-order chi connectivity index (χ1) is 11.0. The summed E-state index contributed by atoms with van der Waals surface area (Å²) in [7, 11) is -3.62. The van der Waals surface area contributed by atoms with Crippen molar-refractivity contribution in [3.8, 4) is 0 Å². The second-order valence-corrected chi connectivity index (χ2v) is 20.2. The average molecular weight is 383 g/mol. The van der Waals surface area contributed by atoms with Gasteiger partial charge in [0.05, 0.1) is 12.2 Å². The van der Waals surface area contributed by atoms with Crippen molar-refractivity contribution in [2.45, 2.75) is 110 Å². The largest absolute Gasteiger partial charge is 0.413 e. The molecule has 1 saturated carbocycles. The maximum Gasteiger partial charge on any atom is 0.192 e. The molecule has 4 heteroatoms. The van der Waals surface area contributed by atoms with Crippen LogP contribution in [-0.4, -0.2) is 28.8 Å². The Morgan fingerprint density at radius 1 is 0.920 bits per heavy atom. The van der Waals surface area contributed by atoms with Crippen LogP contribution in [0.5, 0.6) is 0 Å². The Morgan fingerprint density at radius 3 is 1.76 bits per heavy atom. The van der Waals surface area contributed by atoms with Crippen LogP contribution in [0.1, 0.15) is 61.3 Å². The molecule has 1 fully saturated rings. The van der Waals surface area contributed by atoms with Crippen LogP contribution in [0.15, 0.2) is 23.8 Å². The van der Waals surface area contributed by atoms with Crippen LogP contribution in [0.25, 0.3) is 0 Å². The van der Waals surface area contributed by atoms with Crippen LogP contribution in [0.2, 0.25) is 36.3 Å². The molecule has 0 radical (unpaired) electrons. The fourth-order valence-electron chi connectivity index (χ4n) is 2.69. The van der Waals surface area contributed by atoms with Gasteiger partial charge >= 0.3 is 0 Å². The zero-order chi connectivity index (χ0) is 19.8. The normalized spacial score (nSPS) is 25.6. The summed E-state index contributed by atoms with van der Waals surface area (Å²) in [6.45, 7) is 29.6. The Kier molecular flexibility index (Phi) is 6.82. The molecule has 146 valence electrons. The first-order valence-corrected chi connectivity index (χ1v) is 15.5. The summed E-state index contributed by atoms with van der Waals surface area (Å²) in [6.07, 6.45) is 4.45. The minimum absolute atomic E-state index is 0.0932. The van der Waals surface area contributed by atoms with E-state index in [1.165, 1.54) is 11.1 Å². The van der Waals surface area contributed by atoms with Crippen molar-refractivity contribution in [1.29, 1.82) is 0 Å². The van der Waals surface area contributed by atoms with Gasteiger partial charge in [-0.2, -0.15) is 0 Å². The fourth-order valence-corrected chi connectivity index (χ4v) is 5.36. The van der Waals surface area contributed by atoms with Crippen molar-refractivity contribution in [3.63, 3.8) is 0 Å². The molecule has 0 unspecified atom stereocenters. The van der Waals surface area contributed by atoms with Gasteiger partial charge in [-0.1, -0.05) is 54.2 Å². The van der Waals surface area contributed by atoms with Gasteiger partial charge in [0.1, 0.15) is 0 Å². The van der Waals surface area contributed by atoms with Crippen LogP contribution in [0.3, 0.4) is 0 Å². The Balaban J connectivity index is 3.02. The highest BCUT2D eigenvalue weighted by molar-refractivity contribution is 6.74. The van der Waals surface area contributed by atoms with E-state index in [0.717, 1.165) is 12.8 Å². The molecule has 0 N–H and O–H groups in total. The van der Waals surface area contributed by atoms with Crippen molar-refractivity contribution in [2.75, 3.05) is 0 Å². The van der Waals surface area contributed by atoms with Crippen LogP contribution >= 0.6 is 0 Å². The summed E-state index contributed by atoms with van der Waals surface area (Å²) in [5.74, 6) is 0. The molecular formula is C21H42O2Si2. The highest BCUT2D eigenvalue weighted by Gasteiger charge is 2.44. The molecule has 0 aliphatic heterocycles. The third-order valence-electron chi connectivity index (χ3n) is 6.58. The van der Waals surface area contributed by atoms with Crippen LogP contribution in [0.4, 0.5) is 0 Å². The maximum atomic E-state index is 6.75. The van der Waals surface area contributed by atoms with E-state index in [1.54, 1.807) is 0 Å². The second-order valence-electron chi connectivity index (χ2n) is 10.6. The van der Waals surface area contributed by atoms with Gasteiger partial charge in [0.2, 0.25) is 0 Å². The predicted octanol–water partition coefficient (Wildman–Crippen LogP) is 7.06. The van der Waals surface area contributed by atoms with E-state index in [4.69, 9.17) is 8.85 Å². The Labute approximate surface area is 159 Å². The number of hydrogen-bond donors (Lipinski definition) is 0. The molecule has 0 bridgehead atoms. The molecule has 25 heavy (non-hydrogen) atoms. The van der Waals surface area contributed by atoms with E-state index in [-0.39, 0.29) is 22.3 Å². The molecule has 0 spiro atoms. The van der Waals surface area contributed by atoms with Gasteiger partial charge in [-0.25, -0.2) is 0 Å². The monoisotopic (exact) mass is 382 g/mol. The van der Waals surface area contributed by atoms with Gasteiger partial charge in [-0.05, 0) is 60.8 Å². The first-order valence-electron chi connectivity index (χ1n) is 9.72. The third kappa shape index (κ3) is 5.41. The molecule has 0 aromatic rings. The van der Waals surface area contributed by atoms with Crippen molar-refractivity contribution < 1.29 is 8.85 Å². The van der Waals surface area contributed by atoms with Crippen LogP contribution in [0, 0.1) is 0 Å². The van der Waals surface area contributed by atoms with Gasteiger partial charge < -0.3 is 8.85 Å². The lowest BCUT2D eigenvalue weighted by molar-refractivity contribution is 0.0969. The summed E-state index contributed by atoms with van der Waals surface area (Å²) in [5.41, 5.74) is 2.49. The molecular weight excluding hydrogens is 340 g/mol. The fraction of sp³-hybridized carbons (Fsp3) is 0.810. The molecule has 1 aliphatic rings. The van der Waals surface area contributed by atoms with Crippen LogP contribution < -0.4 is 0 Å². The van der Waals surface area contributed by atoms with Crippen molar-refractivity contribution >= 4 is 16.6 Å². The topological polar surface area (TPSA) is 18.5 Å². The summed E-state index contributed by atoms with van der Waals surface area (Å²) >= 11 is 0. The van der Waals surface area contributed by atoms with E-state index in [2.05, 4.69) is 87.3 Å². The summed E-state index contributed by atoms with van der Waals surface area (Å²) in [5, 5.41) is 0.434. The average Bonchev–Trinajstić information content (AvgIpc) is 2.38. The Hall–Kier alpha value is -0.166. The zero-order valence-corrected chi connectivity index (χ0v) is 20.7. The minimum Gasteiger partial charge on any atom is -0.413 e. The molecule has 0 amide bonds. The maximum absolute atomic E-state index is 6.75. The van der Waals surface area contributed by atoms with Crippen molar-refractivity contribution in [2.24, 2.45) is 0 Å².